The van der Waals surface area contributed by atoms with Gasteiger partial charge in [-0.2, -0.15) is 14.0 Å². The van der Waals surface area contributed by atoms with Crippen LogP contribution in [0.25, 0.3) is 0 Å². The van der Waals surface area contributed by atoms with Gasteiger partial charge in [-0.3, -0.25) is 4.99 Å². The first kappa shape index (κ1) is 17.5. The number of thioether (sulfide) groups is 1. The van der Waals surface area contributed by atoms with E-state index in [1.54, 1.807) is 17.2 Å². The zero-order valence-corrected chi connectivity index (χ0v) is 15.6. The molecule has 0 fully saturated rings. The second-order valence-corrected chi connectivity index (χ2v) is 7.97. The molecule has 0 bridgehead atoms. The van der Waals surface area contributed by atoms with E-state index in [1.165, 1.54) is 17.8 Å². The number of amidine groups is 1. The summed E-state index contributed by atoms with van der Waals surface area (Å²) in [6.45, 7) is -2.69. The van der Waals surface area contributed by atoms with Gasteiger partial charge in [0.25, 0.3) is 0 Å². The van der Waals surface area contributed by atoms with E-state index in [0.29, 0.717) is 28.1 Å². The van der Waals surface area contributed by atoms with Gasteiger partial charge >= 0.3 is 6.61 Å². The number of rotatable bonds is 2. The Morgan fingerprint density at radius 3 is 2.96 bits per heavy atom. The third kappa shape index (κ3) is 2.72. The van der Waals surface area contributed by atoms with Crippen molar-refractivity contribution in [2.24, 2.45) is 4.99 Å². The molecule has 0 unspecified atom stereocenters. The van der Waals surface area contributed by atoms with Crippen LogP contribution in [0, 0.1) is 17.1 Å². The molecule has 4 nitrogen and oxygen atoms in total. The molecule has 3 heterocycles. The fourth-order valence-electron chi connectivity index (χ4n) is 3.39. The summed E-state index contributed by atoms with van der Waals surface area (Å²) in [5, 5.41) is 9.16. The van der Waals surface area contributed by atoms with E-state index in [2.05, 4.69) is 25.7 Å². The minimum absolute atomic E-state index is 0.145. The van der Waals surface area contributed by atoms with E-state index in [0.717, 1.165) is 5.56 Å². The number of fused-ring (bicyclic) bond motifs is 3. The van der Waals surface area contributed by atoms with Gasteiger partial charge in [0.05, 0.1) is 16.6 Å². The minimum Gasteiger partial charge on any atom is -0.431 e. The van der Waals surface area contributed by atoms with E-state index >= 15 is 0 Å². The van der Waals surface area contributed by atoms with Crippen molar-refractivity contribution in [3.63, 3.8) is 0 Å². The van der Waals surface area contributed by atoms with E-state index < -0.39 is 12.2 Å². The van der Waals surface area contributed by atoms with Crippen molar-refractivity contribution in [2.75, 3.05) is 12.3 Å². The minimum atomic E-state index is -3.03. The van der Waals surface area contributed by atoms with Crippen molar-refractivity contribution in [1.82, 2.24) is 4.90 Å². The Bertz CT molecular complexity index is 925. The van der Waals surface area contributed by atoms with E-state index in [-0.39, 0.29) is 23.0 Å². The predicted octanol–water partition coefficient (Wildman–Crippen LogP) is 4.54. The summed E-state index contributed by atoms with van der Waals surface area (Å²) in [7, 11) is 0. The molecule has 4 rings (SSSR count). The number of aliphatic imine (C=N–C) groups is 1. The SMILES string of the molecule is N#CC1=CN2C[C@@]3(CCSc4c3ccc(Br)c4F)N=C2C(OC(F)F)=C1. The summed E-state index contributed by atoms with van der Waals surface area (Å²) in [6.07, 6.45) is 3.44. The Labute approximate surface area is 160 Å². The van der Waals surface area contributed by atoms with Gasteiger partial charge < -0.3 is 9.64 Å². The number of hydrogen-bond donors (Lipinski definition) is 0. The second-order valence-electron chi connectivity index (χ2n) is 6.01. The van der Waals surface area contributed by atoms with E-state index in [4.69, 9.17) is 5.26 Å². The summed E-state index contributed by atoms with van der Waals surface area (Å²) >= 11 is 4.61. The molecule has 0 N–H and O–H groups in total. The van der Waals surface area contributed by atoms with E-state index in [9.17, 15) is 13.2 Å². The number of hydrogen-bond acceptors (Lipinski definition) is 5. The summed E-state index contributed by atoms with van der Waals surface area (Å²) in [5.74, 6) is 0.400. The van der Waals surface area contributed by atoms with Gasteiger partial charge in [-0.05, 0) is 34.0 Å². The molecule has 0 radical (unpaired) electrons. The van der Waals surface area contributed by atoms with Crippen LogP contribution in [0.5, 0.6) is 0 Å². The number of benzene rings is 1. The third-order valence-electron chi connectivity index (χ3n) is 4.48. The maximum atomic E-state index is 14.5. The lowest BCUT2D eigenvalue weighted by Gasteiger charge is -2.33. The highest BCUT2D eigenvalue weighted by Crippen LogP contribution is 2.49. The van der Waals surface area contributed by atoms with Crippen LogP contribution in [0.2, 0.25) is 0 Å². The first-order valence-corrected chi connectivity index (χ1v) is 9.48. The molecular formula is C17H11BrF3N3OS. The van der Waals surface area contributed by atoms with Crippen molar-refractivity contribution in [3.8, 4) is 6.07 Å². The number of alkyl halides is 2. The molecule has 0 saturated carbocycles. The van der Waals surface area contributed by atoms with Crippen LogP contribution in [0.15, 0.2) is 50.1 Å². The second kappa shape index (κ2) is 6.35. The number of nitriles is 1. The average molecular weight is 442 g/mol. The molecule has 1 spiro atoms. The van der Waals surface area contributed by atoms with Gasteiger partial charge in [0.15, 0.2) is 17.4 Å². The summed E-state index contributed by atoms with van der Waals surface area (Å²) < 4.78 is 45.0. The van der Waals surface area contributed by atoms with Gasteiger partial charge in [0.2, 0.25) is 0 Å². The van der Waals surface area contributed by atoms with E-state index in [1.807, 2.05) is 12.1 Å². The Balaban J connectivity index is 1.83. The Hall–Kier alpha value is -1.92. The molecule has 0 saturated heterocycles. The van der Waals surface area contributed by atoms with Crippen LogP contribution in [0.3, 0.4) is 0 Å². The van der Waals surface area contributed by atoms with Gasteiger partial charge in [-0.1, -0.05) is 6.07 Å². The smallest absolute Gasteiger partial charge is 0.387 e. The fourth-order valence-corrected chi connectivity index (χ4v) is 5.15. The number of nitrogens with zero attached hydrogens (tertiary/aromatic N) is 3. The Kier molecular flexibility index (Phi) is 4.28. The predicted molar refractivity (Wildman–Crippen MR) is 94.1 cm³/mol. The van der Waals surface area contributed by atoms with Crippen molar-refractivity contribution in [2.45, 2.75) is 23.5 Å². The van der Waals surface area contributed by atoms with Gasteiger partial charge in [0, 0.05) is 22.9 Å². The van der Waals surface area contributed by atoms with Crippen LogP contribution in [0.4, 0.5) is 13.2 Å². The molecule has 0 aliphatic carbocycles. The maximum Gasteiger partial charge on any atom is 0.387 e. The van der Waals surface area contributed by atoms with Crippen molar-refractivity contribution in [1.29, 1.82) is 5.26 Å². The highest BCUT2D eigenvalue weighted by molar-refractivity contribution is 9.10. The van der Waals surface area contributed by atoms with Crippen LogP contribution < -0.4 is 0 Å². The fraction of sp³-hybridized carbons (Fsp3) is 0.294. The lowest BCUT2D eigenvalue weighted by Crippen LogP contribution is -2.35. The number of ether oxygens (including phenoxy) is 1. The molecule has 1 atom stereocenters. The van der Waals surface area contributed by atoms with Crippen molar-refractivity contribution >= 4 is 33.5 Å². The number of allylic oxidation sites excluding steroid dienone is 2. The topological polar surface area (TPSA) is 48.6 Å². The van der Waals surface area contributed by atoms with Crippen LogP contribution in [-0.2, 0) is 10.3 Å². The average Bonchev–Trinajstić information content (AvgIpc) is 2.97. The van der Waals surface area contributed by atoms with Crippen molar-refractivity contribution < 1.29 is 17.9 Å². The van der Waals surface area contributed by atoms with Gasteiger partial charge in [0.1, 0.15) is 11.6 Å². The lowest BCUT2D eigenvalue weighted by molar-refractivity contribution is -0.0906. The molecule has 9 heteroatoms. The standard InChI is InChI=1S/C17H11BrF3N3OS/c18-11-2-1-10-14(13(11)19)26-4-3-17(10)8-24-7-9(6-22)5-12(15(24)23-17)25-16(20)21/h1-2,5,7,16H,3-4,8H2/t17-/m1/s1. The molecule has 3 aliphatic heterocycles. The summed E-state index contributed by atoms with van der Waals surface area (Å²) in [5.41, 5.74) is 0.160. The van der Waals surface area contributed by atoms with Crippen LogP contribution in [0.1, 0.15) is 12.0 Å². The van der Waals surface area contributed by atoms with Gasteiger partial charge in [-0.25, -0.2) is 4.39 Å². The molecule has 1 aromatic rings. The zero-order valence-electron chi connectivity index (χ0n) is 13.2. The zero-order chi connectivity index (χ0) is 18.5. The molecule has 0 amide bonds. The number of halogens is 4. The molecule has 134 valence electrons. The monoisotopic (exact) mass is 441 g/mol. The summed E-state index contributed by atoms with van der Waals surface area (Å²) in [6, 6.07) is 5.38. The lowest BCUT2D eigenvalue weighted by atomic mass is 9.87. The quantitative estimate of drug-likeness (QED) is 0.675. The molecule has 3 aliphatic rings. The molecule has 26 heavy (non-hydrogen) atoms. The Morgan fingerprint density at radius 1 is 1.42 bits per heavy atom. The highest BCUT2D eigenvalue weighted by Gasteiger charge is 2.46. The van der Waals surface area contributed by atoms with Gasteiger partial charge in [-0.15, -0.1) is 11.8 Å². The first-order valence-electron chi connectivity index (χ1n) is 7.70. The maximum absolute atomic E-state index is 14.5. The third-order valence-corrected chi connectivity index (χ3v) is 6.19. The highest BCUT2D eigenvalue weighted by atomic mass is 79.9. The van der Waals surface area contributed by atoms with Crippen molar-refractivity contribution in [3.05, 3.63) is 51.6 Å². The van der Waals surface area contributed by atoms with Crippen LogP contribution in [-0.4, -0.2) is 29.6 Å². The molecule has 1 aromatic carbocycles. The largest absolute Gasteiger partial charge is 0.431 e. The normalized spacial score (nSPS) is 23.8. The Morgan fingerprint density at radius 2 is 2.23 bits per heavy atom. The first-order chi connectivity index (χ1) is 12.4. The molecular weight excluding hydrogens is 431 g/mol. The summed E-state index contributed by atoms with van der Waals surface area (Å²) in [4.78, 5) is 6.83. The molecule has 0 aromatic heterocycles. The van der Waals surface area contributed by atoms with Crippen LogP contribution >= 0.6 is 27.7 Å².